The zero-order chi connectivity index (χ0) is 16.2. The number of alkyl halides is 3. The van der Waals surface area contributed by atoms with Crippen molar-refractivity contribution in [2.75, 3.05) is 6.61 Å². The van der Waals surface area contributed by atoms with E-state index >= 15 is 0 Å². The molecule has 2 aromatic rings. The van der Waals surface area contributed by atoms with Crippen LogP contribution in [0.1, 0.15) is 22.8 Å². The van der Waals surface area contributed by atoms with Crippen LogP contribution in [0.15, 0.2) is 42.6 Å². The first-order valence-corrected chi connectivity index (χ1v) is 6.39. The number of pyridine rings is 1. The van der Waals surface area contributed by atoms with Gasteiger partial charge in [-0.2, -0.15) is 13.2 Å². The average Bonchev–Trinajstić information content (AvgIpc) is 2.48. The van der Waals surface area contributed by atoms with Crippen molar-refractivity contribution in [3.8, 4) is 11.6 Å². The molecule has 1 aromatic heterocycles. The minimum absolute atomic E-state index is 0.0276. The van der Waals surface area contributed by atoms with E-state index in [0.29, 0.717) is 18.0 Å². The molecule has 0 radical (unpaired) electrons. The van der Waals surface area contributed by atoms with Crippen LogP contribution in [0.5, 0.6) is 11.6 Å². The molecule has 0 N–H and O–H groups in total. The second-order valence-electron chi connectivity index (χ2n) is 4.21. The Hall–Kier alpha value is -2.57. The van der Waals surface area contributed by atoms with Gasteiger partial charge in [0.15, 0.2) is 0 Å². The normalized spacial score (nSPS) is 11.1. The fourth-order valence-corrected chi connectivity index (χ4v) is 1.64. The maximum absolute atomic E-state index is 12.7. The molecular formula is C15H12F3NO3. The number of hydrogen-bond acceptors (Lipinski definition) is 4. The number of halogens is 3. The summed E-state index contributed by atoms with van der Waals surface area (Å²) in [6.45, 7) is 1.58. The third kappa shape index (κ3) is 3.75. The summed E-state index contributed by atoms with van der Waals surface area (Å²) >= 11 is 0. The van der Waals surface area contributed by atoms with Crippen LogP contribution in [0.3, 0.4) is 0 Å². The summed E-state index contributed by atoms with van der Waals surface area (Å²) in [6.07, 6.45) is -4.00. The minimum atomic E-state index is -4.61. The van der Waals surface area contributed by atoms with Gasteiger partial charge in [-0.05, 0) is 25.1 Å². The molecule has 0 fully saturated rings. The maximum atomic E-state index is 12.7. The number of carbonyl (C=O) groups is 1. The van der Waals surface area contributed by atoms with Crippen LogP contribution >= 0.6 is 0 Å². The molecule has 1 heterocycles. The summed E-state index contributed by atoms with van der Waals surface area (Å²) in [5, 5.41) is 0. The molecule has 2 rings (SSSR count). The Morgan fingerprint density at radius 3 is 2.50 bits per heavy atom. The lowest BCUT2D eigenvalue weighted by molar-refractivity contribution is -0.137. The lowest BCUT2D eigenvalue weighted by Crippen LogP contribution is -2.12. The first kappa shape index (κ1) is 15.8. The van der Waals surface area contributed by atoms with Crippen LogP contribution in [0.2, 0.25) is 0 Å². The third-order valence-electron chi connectivity index (χ3n) is 2.63. The summed E-state index contributed by atoms with van der Waals surface area (Å²) in [4.78, 5) is 15.4. The van der Waals surface area contributed by atoms with Crippen LogP contribution in [0.25, 0.3) is 0 Å². The van der Waals surface area contributed by atoms with Crippen molar-refractivity contribution in [3.63, 3.8) is 0 Å². The van der Waals surface area contributed by atoms with E-state index in [4.69, 9.17) is 9.47 Å². The van der Waals surface area contributed by atoms with E-state index in [1.54, 1.807) is 37.3 Å². The SMILES string of the molecule is CCOC(=O)c1cc(C(F)(F)F)cnc1Oc1ccccc1. The van der Waals surface area contributed by atoms with Crippen molar-refractivity contribution in [1.29, 1.82) is 0 Å². The Morgan fingerprint density at radius 2 is 1.91 bits per heavy atom. The van der Waals surface area contributed by atoms with Crippen LogP contribution < -0.4 is 4.74 Å². The summed E-state index contributed by atoms with van der Waals surface area (Å²) in [5.74, 6) is -0.815. The molecule has 0 aliphatic heterocycles. The number of carbonyl (C=O) groups excluding carboxylic acids is 1. The van der Waals surface area contributed by atoms with Crippen molar-refractivity contribution in [3.05, 3.63) is 53.7 Å². The van der Waals surface area contributed by atoms with Gasteiger partial charge in [0.25, 0.3) is 0 Å². The number of esters is 1. The number of rotatable bonds is 4. The van der Waals surface area contributed by atoms with E-state index in [2.05, 4.69) is 4.98 Å². The average molecular weight is 311 g/mol. The van der Waals surface area contributed by atoms with Gasteiger partial charge in [-0.1, -0.05) is 18.2 Å². The van der Waals surface area contributed by atoms with Gasteiger partial charge in [0, 0.05) is 6.20 Å². The highest BCUT2D eigenvalue weighted by molar-refractivity contribution is 5.92. The quantitative estimate of drug-likeness (QED) is 0.799. The number of ether oxygens (including phenoxy) is 2. The summed E-state index contributed by atoms with van der Waals surface area (Å²) < 4.78 is 48.3. The van der Waals surface area contributed by atoms with Crippen LogP contribution in [0, 0.1) is 0 Å². The van der Waals surface area contributed by atoms with E-state index in [-0.39, 0.29) is 18.1 Å². The highest BCUT2D eigenvalue weighted by atomic mass is 19.4. The van der Waals surface area contributed by atoms with Gasteiger partial charge >= 0.3 is 12.1 Å². The molecule has 7 heteroatoms. The summed E-state index contributed by atoms with van der Waals surface area (Å²) in [6, 6.07) is 8.97. The van der Waals surface area contributed by atoms with Crippen molar-refractivity contribution in [2.24, 2.45) is 0 Å². The van der Waals surface area contributed by atoms with Gasteiger partial charge in [0.2, 0.25) is 5.88 Å². The molecule has 1 aromatic carbocycles. The zero-order valence-corrected chi connectivity index (χ0v) is 11.6. The van der Waals surface area contributed by atoms with E-state index in [9.17, 15) is 18.0 Å². The van der Waals surface area contributed by atoms with Gasteiger partial charge in [-0.3, -0.25) is 0 Å². The number of nitrogens with zero attached hydrogens (tertiary/aromatic N) is 1. The van der Waals surface area contributed by atoms with Gasteiger partial charge in [-0.25, -0.2) is 9.78 Å². The van der Waals surface area contributed by atoms with Crippen molar-refractivity contribution in [1.82, 2.24) is 4.98 Å². The van der Waals surface area contributed by atoms with Crippen LogP contribution in [0.4, 0.5) is 13.2 Å². The second kappa shape index (κ2) is 6.46. The minimum Gasteiger partial charge on any atom is -0.462 e. The topological polar surface area (TPSA) is 48.4 Å². The van der Waals surface area contributed by atoms with Crippen molar-refractivity contribution >= 4 is 5.97 Å². The molecule has 0 bridgehead atoms. The largest absolute Gasteiger partial charge is 0.462 e. The maximum Gasteiger partial charge on any atom is 0.417 e. The van der Waals surface area contributed by atoms with Crippen molar-refractivity contribution in [2.45, 2.75) is 13.1 Å². The first-order chi connectivity index (χ1) is 10.4. The van der Waals surface area contributed by atoms with E-state index < -0.39 is 17.7 Å². The Balaban J connectivity index is 2.41. The molecule has 0 saturated carbocycles. The molecule has 0 unspecified atom stereocenters. The Morgan fingerprint density at radius 1 is 1.23 bits per heavy atom. The molecule has 22 heavy (non-hydrogen) atoms. The predicted octanol–water partition coefficient (Wildman–Crippen LogP) is 4.07. The third-order valence-corrected chi connectivity index (χ3v) is 2.63. The molecule has 116 valence electrons. The number of benzene rings is 1. The first-order valence-electron chi connectivity index (χ1n) is 6.39. The monoisotopic (exact) mass is 311 g/mol. The number of hydrogen-bond donors (Lipinski definition) is 0. The standard InChI is InChI=1S/C15H12F3NO3/c1-2-21-14(20)12-8-10(15(16,17)18)9-19-13(12)22-11-6-4-3-5-7-11/h3-9H,2H2,1H3. The molecule has 4 nitrogen and oxygen atoms in total. The summed E-state index contributed by atoms with van der Waals surface area (Å²) in [7, 11) is 0. The Labute approximate surface area is 124 Å². The van der Waals surface area contributed by atoms with Gasteiger partial charge in [0.1, 0.15) is 11.3 Å². The highest BCUT2D eigenvalue weighted by Gasteiger charge is 2.33. The molecule has 0 aliphatic rings. The van der Waals surface area contributed by atoms with Crippen LogP contribution in [-0.4, -0.2) is 17.6 Å². The van der Waals surface area contributed by atoms with Gasteiger partial charge < -0.3 is 9.47 Å². The molecule has 0 saturated heterocycles. The molecule has 0 atom stereocenters. The predicted molar refractivity (Wildman–Crippen MR) is 71.7 cm³/mol. The van der Waals surface area contributed by atoms with E-state index in [1.165, 1.54) is 0 Å². The van der Waals surface area contributed by atoms with E-state index in [1.807, 2.05) is 0 Å². The van der Waals surface area contributed by atoms with Crippen molar-refractivity contribution < 1.29 is 27.4 Å². The second-order valence-corrected chi connectivity index (χ2v) is 4.21. The summed E-state index contributed by atoms with van der Waals surface area (Å²) in [5.41, 5.74) is -1.42. The molecule has 0 aliphatic carbocycles. The Kier molecular flexibility index (Phi) is 4.65. The van der Waals surface area contributed by atoms with Crippen LogP contribution in [-0.2, 0) is 10.9 Å². The Bertz CT molecular complexity index is 657. The molecule has 0 spiro atoms. The zero-order valence-electron chi connectivity index (χ0n) is 11.6. The lowest BCUT2D eigenvalue weighted by atomic mass is 10.2. The number of para-hydroxylation sites is 1. The fraction of sp³-hybridized carbons (Fsp3) is 0.200. The van der Waals surface area contributed by atoms with Gasteiger partial charge in [0.05, 0.1) is 12.2 Å². The molecular weight excluding hydrogens is 299 g/mol. The van der Waals surface area contributed by atoms with E-state index in [0.717, 1.165) is 0 Å². The highest BCUT2D eigenvalue weighted by Crippen LogP contribution is 2.32. The fourth-order valence-electron chi connectivity index (χ4n) is 1.64. The smallest absolute Gasteiger partial charge is 0.417 e. The lowest BCUT2D eigenvalue weighted by Gasteiger charge is -2.12. The van der Waals surface area contributed by atoms with Gasteiger partial charge in [-0.15, -0.1) is 0 Å². The molecule has 0 amide bonds. The number of aromatic nitrogens is 1.